The van der Waals surface area contributed by atoms with Gasteiger partial charge in [-0.3, -0.25) is 4.79 Å². The molecule has 1 heterocycles. The molecule has 3 rings (SSSR count). The second-order valence-corrected chi connectivity index (χ2v) is 5.58. The molecule has 2 aromatic rings. The maximum absolute atomic E-state index is 11.1. The third-order valence-electron chi connectivity index (χ3n) is 3.65. The van der Waals surface area contributed by atoms with Gasteiger partial charge in [0.25, 0.3) is 0 Å². The molecule has 22 heavy (non-hydrogen) atoms. The Kier molecular flexibility index (Phi) is 3.86. The molecule has 0 bridgehead atoms. The van der Waals surface area contributed by atoms with Crippen molar-refractivity contribution in [3.8, 4) is 5.75 Å². The van der Waals surface area contributed by atoms with Crippen molar-refractivity contribution in [1.82, 2.24) is 0 Å². The van der Waals surface area contributed by atoms with E-state index in [2.05, 4.69) is 4.99 Å². The number of nitrogens with zero attached hydrogens (tertiary/aromatic N) is 1. The minimum Gasteiger partial charge on any atom is -0.485 e. The largest absolute Gasteiger partial charge is 0.485 e. The van der Waals surface area contributed by atoms with Crippen LogP contribution in [0, 0.1) is 0 Å². The fourth-order valence-electron chi connectivity index (χ4n) is 2.27. The summed E-state index contributed by atoms with van der Waals surface area (Å²) in [7, 11) is 0. The zero-order valence-corrected chi connectivity index (χ0v) is 12.7. The quantitative estimate of drug-likeness (QED) is 0.929. The van der Waals surface area contributed by atoms with Gasteiger partial charge in [0, 0.05) is 5.02 Å². The summed E-state index contributed by atoms with van der Waals surface area (Å²) in [6, 6.07) is 12.7. The van der Waals surface area contributed by atoms with Crippen LogP contribution >= 0.6 is 11.6 Å². The molecule has 0 spiro atoms. The molecular weight excluding hydrogens is 302 g/mol. The van der Waals surface area contributed by atoms with Crippen LogP contribution in [0.15, 0.2) is 47.5 Å². The van der Waals surface area contributed by atoms with E-state index in [1.54, 1.807) is 37.3 Å². The van der Waals surface area contributed by atoms with Gasteiger partial charge in [-0.25, -0.2) is 4.99 Å². The summed E-state index contributed by atoms with van der Waals surface area (Å²) in [5.74, 6) is -0.779. The van der Waals surface area contributed by atoms with E-state index in [0.717, 1.165) is 11.3 Å². The fraction of sp³-hybridized carbons (Fsp3) is 0.176. The molecule has 0 aromatic heterocycles. The molecule has 5 heteroatoms. The average Bonchev–Trinajstić information content (AvgIpc) is 2.53. The van der Waals surface area contributed by atoms with Gasteiger partial charge in [0.2, 0.25) is 0 Å². The van der Waals surface area contributed by atoms with Crippen molar-refractivity contribution in [2.24, 2.45) is 4.99 Å². The lowest BCUT2D eigenvalue weighted by Gasteiger charge is -2.18. The highest BCUT2D eigenvalue weighted by molar-refractivity contribution is 6.30. The predicted molar refractivity (Wildman–Crippen MR) is 85.6 cm³/mol. The first-order chi connectivity index (χ1) is 10.5. The van der Waals surface area contributed by atoms with Gasteiger partial charge in [-0.05, 0) is 42.3 Å². The van der Waals surface area contributed by atoms with Gasteiger partial charge in [0.1, 0.15) is 18.0 Å². The lowest BCUT2D eigenvalue weighted by atomic mass is 10.00. The van der Waals surface area contributed by atoms with Gasteiger partial charge in [0.15, 0.2) is 0 Å². The number of hydrogen-bond acceptors (Lipinski definition) is 3. The number of aliphatic carboxylic acids is 1. The van der Waals surface area contributed by atoms with E-state index in [-0.39, 0.29) is 0 Å². The van der Waals surface area contributed by atoms with Crippen LogP contribution < -0.4 is 4.74 Å². The van der Waals surface area contributed by atoms with E-state index >= 15 is 0 Å². The molecule has 1 aliphatic heterocycles. The van der Waals surface area contributed by atoms with Crippen molar-refractivity contribution < 1.29 is 14.6 Å². The number of ether oxygens (including phenoxy) is 1. The zero-order valence-electron chi connectivity index (χ0n) is 11.9. The van der Waals surface area contributed by atoms with Crippen LogP contribution in [0.3, 0.4) is 0 Å². The lowest BCUT2D eigenvalue weighted by Crippen LogP contribution is -2.16. The summed E-state index contributed by atoms with van der Waals surface area (Å²) in [4.78, 5) is 15.7. The SMILES string of the molecule is CC(C(=O)O)c1ccc2c(c1)N=C(c1ccc(Cl)cc1)CO2. The van der Waals surface area contributed by atoms with Crippen molar-refractivity contribution in [3.63, 3.8) is 0 Å². The maximum atomic E-state index is 11.1. The number of aliphatic imine (C=N–C) groups is 1. The molecule has 0 aliphatic carbocycles. The highest BCUT2D eigenvalue weighted by atomic mass is 35.5. The predicted octanol–water partition coefficient (Wildman–Crippen LogP) is 4.04. The topological polar surface area (TPSA) is 58.9 Å². The van der Waals surface area contributed by atoms with Gasteiger partial charge in [-0.1, -0.05) is 29.8 Å². The van der Waals surface area contributed by atoms with Crippen LogP contribution in [-0.2, 0) is 4.79 Å². The van der Waals surface area contributed by atoms with Crippen LogP contribution in [0.25, 0.3) is 0 Å². The molecule has 2 aromatic carbocycles. The highest BCUT2D eigenvalue weighted by Crippen LogP contribution is 2.34. The molecule has 0 radical (unpaired) electrons. The molecule has 1 N–H and O–H groups in total. The summed E-state index contributed by atoms with van der Waals surface area (Å²) >= 11 is 5.89. The van der Waals surface area contributed by atoms with E-state index in [9.17, 15) is 4.79 Å². The normalized spacial score (nSPS) is 14.5. The Morgan fingerprint density at radius 1 is 1.27 bits per heavy atom. The Labute approximate surface area is 133 Å². The average molecular weight is 316 g/mol. The standard InChI is InChI=1S/C17H14ClNO3/c1-10(17(20)21)12-4-7-16-14(8-12)19-15(9-22-16)11-2-5-13(18)6-3-11/h2-8,10H,9H2,1H3,(H,20,21). The lowest BCUT2D eigenvalue weighted by molar-refractivity contribution is -0.138. The number of carboxylic acids is 1. The van der Waals surface area contributed by atoms with Crippen molar-refractivity contribution in [1.29, 1.82) is 0 Å². The molecule has 0 fully saturated rings. The molecule has 0 saturated carbocycles. The van der Waals surface area contributed by atoms with Crippen LogP contribution in [0.4, 0.5) is 5.69 Å². The molecular formula is C17H14ClNO3. The Balaban J connectivity index is 1.98. The molecule has 4 nitrogen and oxygen atoms in total. The highest BCUT2D eigenvalue weighted by Gasteiger charge is 2.19. The Hall–Kier alpha value is -2.33. The number of carbonyl (C=O) groups is 1. The minimum absolute atomic E-state index is 0.377. The minimum atomic E-state index is -0.862. The van der Waals surface area contributed by atoms with Crippen LogP contribution in [-0.4, -0.2) is 23.4 Å². The molecule has 1 unspecified atom stereocenters. The van der Waals surface area contributed by atoms with Gasteiger partial charge < -0.3 is 9.84 Å². The Bertz CT molecular complexity index is 753. The number of fused-ring (bicyclic) bond motifs is 1. The van der Waals surface area contributed by atoms with Gasteiger partial charge in [0.05, 0.1) is 11.6 Å². The summed E-state index contributed by atoms with van der Waals surface area (Å²) < 4.78 is 5.70. The number of benzene rings is 2. The number of carboxylic acid groups (broad SMARTS) is 1. The Morgan fingerprint density at radius 2 is 2.00 bits per heavy atom. The van der Waals surface area contributed by atoms with E-state index < -0.39 is 11.9 Å². The first-order valence-electron chi connectivity index (χ1n) is 6.87. The number of hydrogen-bond donors (Lipinski definition) is 1. The van der Waals surface area contributed by atoms with Gasteiger partial charge >= 0.3 is 5.97 Å². The van der Waals surface area contributed by atoms with Crippen molar-refractivity contribution in [2.75, 3.05) is 6.61 Å². The van der Waals surface area contributed by atoms with Crippen LogP contribution in [0.1, 0.15) is 24.0 Å². The Morgan fingerprint density at radius 3 is 2.68 bits per heavy atom. The molecule has 0 saturated heterocycles. The second-order valence-electron chi connectivity index (χ2n) is 5.14. The van der Waals surface area contributed by atoms with Gasteiger partial charge in [-0.15, -0.1) is 0 Å². The molecule has 0 amide bonds. The van der Waals surface area contributed by atoms with E-state index in [1.807, 2.05) is 12.1 Å². The van der Waals surface area contributed by atoms with Crippen molar-refractivity contribution in [2.45, 2.75) is 12.8 Å². The fourth-order valence-corrected chi connectivity index (χ4v) is 2.40. The summed E-state index contributed by atoms with van der Waals surface area (Å²) in [6.07, 6.45) is 0. The molecule has 1 aliphatic rings. The van der Waals surface area contributed by atoms with Crippen LogP contribution in [0.5, 0.6) is 5.75 Å². The number of halogens is 1. The summed E-state index contributed by atoms with van der Waals surface area (Å²) in [6.45, 7) is 2.03. The summed E-state index contributed by atoms with van der Waals surface area (Å²) in [5.41, 5.74) is 3.09. The van der Waals surface area contributed by atoms with E-state index in [0.29, 0.717) is 28.6 Å². The first-order valence-corrected chi connectivity index (χ1v) is 7.25. The maximum Gasteiger partial charge on any atom is 0.310 e. The van der Waals surface area contributed by atoms with E-state index in [4.69, 9.17) is 21.4 Å². The molecule has 1 atom stereocenters. The number of rotatable bonds is 3. The van der Waals surface area contributed by atoms with Crippen molar-refractivity contribution in [3.05, 3.63) is 58.6 Å². The van der Waals surface area contributed by atoms with Gasteiger partial charge in [-0.2, -0.15) is 0 Å². The zero-order chi connectivity index (χ0) is 15.7. The first kappa shape index (κ1) is 14.6. The third kappa shape index (κ3) is 2.83. The van der Waals surface area contributed by atoms with E-state index in [1.165, 1.54) is 0 Å². The monoisotopic (exact) mass is 315 g/mol. The summed E-state index contributed by atoms with van der Waals surface area (Å²) in [5, 5.41) is 9.78. The second kappa shape index (κ2) is 5.81. The van der Waals surface area contributed by atoms with Crippen molar-refractivity contribution >= 4 is 29.0 Å². The van der Waals surface area contributed by atoms with Crippen LogP contribution in [0.2, 0.25) is 5.02 Å². The third-order valence-corrected chi connectivity index (χ3v) is 3.90. The smallest absolute Gasteiger partial charge is 0.310 e. The molecule has 112 valence electrons.